The Labute approximate surface area is 202 Å². The van der Waals surface area contributed by atoms with Crippen LogP contribution in [0.25, 0.3) is 0 Å². The van der Waals surface area contributed by atoms with Gasteiger partial charge >= 0.3 is 5.97 Å². The lowest BCUT2D eigenvalue weighted by molar-refractivity contribution is -0.152. The van der Waals surface area contributed by atoms with Gasteiger partial charge in [0.1, 0.15) is 11.7 Å². The summed E-state index contributed by atoms with van der Waals surface area (Å²) in [6.07, 6.45) is 0. The number of esters is 1. The van der Waals surface area contributed by atoms with Crippen LogP contribution in [0.1, 0.15) is 18.4 Å². The minimum absolute atomic E-state index is 0.0146. The quantitative estimate of drug-likeness (QED) is 0.411. The highest BCUT2D eigenvalue weighted by Crippen LogP contribution is 2.41. The van der Waals surface area contributed by atoms with Crippen LogP contribution in [0.2, 0.25) is 0 Å². The molecule has 10 heteroatoms. The molecule has 0 radical (unpaired) electrons. The summed E-state index contributed by atoms with van der Waals surface area (Å²) in [5, 5.41) is 15.2. The molecule has 0 fully saturated rings. The smallest absolute Gasteiger partial charge is 0.319 e. The number of hydrogen-bond acceptors (Lipinski definition) is 6. The van der Waals surface area contributed by atoms with Crippen LogP contribution in [0.3, 0.4) is 0 Å². The number of hydrogen-bond donors (Lipinski definition) is 2. The van der Waals surface area contributed by atoms with Crippen molar-refractivity contribution in [3.63, 3.8) is 0 Å². The molecule has 2 aromatic rings. The highest BCUT2D eigenvalue weighted by atomic mass is 79.9. The van der Waals surface area contributed by atoms with Crippen molar-refractivity contribution >= 4 is 51.2 Å². The first-order chi connectivity index (χ1) is 15.8. The van der Waals surface area contributed by atoms with Gasteiger partial charge in [-0.3, -0.25) is 14.4 Å². The summed E-state index contributed by atoms with van der Waals surface area (Å²) >= 11 is 4.24. The fourth-order valence-electron chi connectivity index (χ4n) is 3.36. The number of nitrogens with zero attached hydrogens (tertiary/aromatic N) is 1. The van der Waals surface area contributed by atoms with Gasteiger partial charge in [-0.15, -0.1) is 0 Å². The molecule has 0 bridgehead atoms. The van der Waals surface area contributed by atoms with Crippen molar-refractivity contribution in [3.05, 3.63) is 75.0 Å². The molecule has 0 aliphatic carbocycles. The predicted molar refractivity (Wildman–Crippen MR) is 125 cm³/mol. The van der Waals surface area contributed by atoms with Gasteiger partial charge in [-0.25, -0.2) is 4.39 Å². The van der Waals surface area contributed by atoms with Crippen LogP contribution in [0.4, 0.5) is 10.1 Å². The third kappa shape index (κ3) is 5.80. The molecule has 2 unspecified atom stereocenters. The fourth-order valence-corrected chi connectivity index (χ4v) is 4.47. The van der Waals surface area contributed by atoms with Gasteiger partial charge in [-0.2, -0.15) is 5.26 Å². The molecule has 1 heterocycles. The first-order valence-corrected chi connectivity index (χ1v) is 11.7. The second-order valence-electron chi connectivity index (χ2n) is 6.92. The molecule has 0 saturated heterocycles. The van der Waals surface area contributed by atoms with Gasteiger partial charge in [0.15, 0.2) is 0 Å². The first-order valence-electron chi connectivity index (χ1n) is 9.90. The van der Waals surface area contributed by atoms with E-state index in [9.17, 15) is 24.0 Å². The van der Waals surface area contributed by atoms with Gasteiger partial charge in [0.05, 0.1) is 29.0 Å². The number of nitrogens with one attached hydrogen (secondary N) is 2. The zero-order valence-electron chi connectivity index (χ0n) is 17.4. The van der Waals surface area contributed by atoms with Crippen molar-refractivity contribution in [1.82, 2.24) is 5.32 Å². The van der Waals surface area contributed by atoms with Crippen LogP contribution < -0.4 is 10.6 Å². The van der Waals surface area contributed by atoms with E-state index in [0.717, 1.165) is 16.2 Å². The third-order valence-electron chi connectivity index (χ3n) is 4.79. The highest BCUT2D eigenvalue weighted by Gasteiger charge is 2.45. The maximum Gasteiger partial charge on any atom is 0.319 e. The van der Waals surface area contributed by atoms with Crippen LogP contribution in [-0.2, 0) is 19.1 Å². The van der Waals surface area contributed by atoms with E-state index in [4.69, 9.17) is 4.74 Å². The lowest BCUT2D eigenvalue weighted by Gasteiger charge is -2.31. The standard InChI is InChI=1S/C23H19BrFN3O4S/c1-2-32-23(31)20-19(15-5-3-4-6-17(15)25)16(11-26)22(28-21(20)30)33-12-18(29)27-14-9-7-13(24)8-10-14/h3-10,19-20H,2,12H2,1H3,(H,27,29)(H,28,30). The second kappa shape index (κ2) is 11.1. The monoisotopic (exact) mass is 531 g/mol. The fraction of sp³-hybridized carbons (Fsp3) is 0.217. The summed E-state index contributed by atoms with van der Waals surface area (Å²) in [6, 6.07) is 14.6. The third-order valence-corrected chi connectivity index (χ3v) is 6.33. The van der Waals surface area contributed by atoms with Crippen LogP contribution in [0.5, 0.6) is 0 Å². The second-order valence-corrected chi connectivity index (χ2v) is 8.82. The van der Waals surface area contributed by atoms with E-state index in [1.165, 1.54) is 18.2 Å². The molecule has 0 spiro atoms. The molecule has 2 atom stereocenters. The number of rotatable bonds is 7. The van der Waals surface area contributed by atoms with Gasteiger partial charge in [0.2, 0.25) is 11.8 Å². The van der Waals surface area contributed by atoms with E-state index in [2.05, 4.69) is 26.6 Å². The first kappa shape index (κ1) is 24.5. The molecule has 170 valence electrons. The van der Waals surface area contributed by atoms with E-state index < -0.39 is 29.5 Å². The molecule has 1 aliphatic heterocycles. The topological polar surface area (TPSA) is 108 Å². The van der Waals surface area contributed by atoms with Crippen molar-refractivity contribution in [2.24, 2.45) is 5.92 Å². The summed E-state index contributed by atoms with van der Waals surface area (Å²) < 4.78 is 20.5. The summed E-state index contributed by atoms with van der Waals surface area (Å²) in [5.74, 6) is -5.33. The van der Waals surface area contributed by atoms with Crippen molar-refractivity contribution in [2.75, 3.05) is 17.7 Å². The van der Waals surface area contributed by atoms with E-state index in [0.29, 0.717) is 5.69 Å². The molecule has 3 rings (SSSR count). The number of carbonyl (C=O) groups is 3. The number of nitriles is 1. The molecule has 2 aromatic carbocycles. The summed E-state index contributed by atoms with van der Waals surface area (Å²) in [7, 11) is 0. The number of allylic oxidation sites excluding steroid dienone is 1. The normalized spacial score (nSPS) is 17.7. The number of benzene rings is 2. The number of amides is 2. The van der Waals surface area contributed by atoms with E-state index >= 15 is 0 Å². The molecule has 2 N–H and O–H groups in total. The maximum atomic E-state index is 14.7. The Morgan fingerprint density at radius 2 is 1.94 bits per heavy atom. The Balaban J connectivity index is 1.90. The Hall–Kier alpha value is -3.16. The Bertz CT molecular complexity index is 1150. The zero-order chi connectivity index (χ0) is 24.0. The number of anilines is 1. The van der Waals surface area contributed by atoms with Crippen molar-refractivity contribution in [2.45, 2.75) is 12.8 Å². The van der Waals surface area contributed by atoms with Crippen LogP contribution in [0, 0.1) is 23.1 Å². The van der Waals surface area contributed by atoms with E-state index in [-0.39, 0.29) is 34.4 Å². The van der Waals surface area contributed by atoms with E-state index in [1.54, 1.807) is 37.3 Å². The molecular weight excluding hydrogens is 513 g/mol. The van der Waals surface area contributed by atoms with Crippen molar-refractivity contribution in [1.29, 1.82) is 5.26 Å². The van der Waals surface area contributed by atoms with Crippen molar-refractivity contribution < 1.29 is 23.5 Å². The minimum atomic E-state index is -1.43. The van der Waals surface area contributed by atoms with E-state index in [1.807, 2.05) is 6.07 Å². The number of halogens is 2. The summed E-state index contributed by atoms with van der Waals surface area (Å²) in [5.41, 5.74) is 0.594. The summed E-state index contributed by atoms with van der Waals surface area (Å²) in [4.78, 5) is 37.8. The van der Waals surface area contributed by atoms with Crippen molar-refractivity contribution in [3.8, 4) is 6.07 Å². The molecule has 0 saturated carbocycles. The highest BCUT2D eigenvalue weighted by molar-refractivity contribution is 9.10. The molecule has 7 nitrogen and oxygen atoms in total. The van der Waals surface area contributed by atoms with Gasteiger partial charge in [-0.05, 0) is 42.8 Å². The number of carbonyl (C=O) groups excluding carboxylic acids is 3. The number of thioether (sulfide) groups is 1. The lowest BCUT2D eigenvalue weighted by atomic mass is 9.78. The van der Waals surface area contributed by atoms with Gasteiger partial charge in [0.25, 0.3) is 0 Å². The van der Waals surface area contributed by atoms with Crippen LogP contribution >= 0.6 is 27.7 Å². The minimum Gasteiger partial charge on any atom is -0.465 e. The molecule has 33 heavy (non-hydrogen) atoms. The largest absolute Gasteiger partial charge is 0.465 e. The average molecular weight is 532 g/mol. The summed E-state index contributed by atoms with van der Waals surface area (Å²) in [6.45, 7) is 1.61. The van der Waals surface area contributed by atoms with Gasteiger partial charge in [0, 0.05) is 16.1 Å². The average Bonchev–Trinajstić information content (AvgIpc) is 2.79. The molecular formula is C23H19BrFN3O4S. The Kier molecular flexibility index (Phi) is 8.25. The SMILES string of the molecule is CCOC(=O)C1C(=O)NC(SCC(=O)Nc2ccc(Br)cc2)=C(C#N)C1c1ccccc1F. The maximum absolute atomic E-state index is 14.7. The van der Waals surface area contributed by atoms with Crippen LogP contribution in [0.15, 0.2) is 63.6 Å². The Morgan fingerprint density at radius 3 is 2.58 bits per heavy atom. The Morgan fingerprint density at radius 1 is 1.24 bits per heavy atom. The molecule has 1 aliphatic rings. The van der Waals surface area contributed by atoms with Gasteiger partial charge in [-0.1, -0.05) is 45.9 Å². The number of ether oxygens (including phenoxy) is 1. The zero-order valence-corrected chi connectivity index (χ0v) is 19.8. The van der Waals surface area contributed by atoms with Crippen LogP contribution in [-0.4, -0.2) is 30.1 Å². The lowest BCUT2D eigenvalue weighted by Crippen LogP contribution is -2.44. The molecule has 0 aromatic heterocycles. The molecule has 2 amide bonds. The predicted octanol–water partition coefficient (Wildman–Crippen LogP) is 4.09. The van der Waals surface area contributed by atoms with Gasteiger partial charge < -0.3 is 15.4 Å².